The average molecular weight is 489 g/mol. The van der Waals surface area contributed by atoms with Gasteiger partial charge in [0.2, 0.25) is 0 Å². The van der Waals surface area contributed by atoms with Crippen LogP contribution in [0, 0.1) is 10.2 Å². The maximum atomic E-state index is 13.5. The summed E-state index contributed by atoms with van der Waals surface area (Å²) in [5.41, 5.74) is 1.12. The smallest absolute Gasteiger partial charge is 0.307 e. The number of ether oxygens (including phenoxy) is 1. The molecule has 0 saturated carbocycles. The predicted octanol–water partition coefficient (Wildman–Crippen LogP) is 0.373. The van der Waals surface area contributed by atoms with Gasteiger partial charge < -0.3 is 14.5 Å². The highest BCUT2D eigenvalue weighted by atomic mass is 35.7. The van der Waals surface area contributed by atoms with Gasteiger partial charge in [0.05, 0.1) is 42.5 Å². The number of anilines is 1. The summed E-state index contributed by atoms with van der Waals surface area (Å²) >= 11 is 7.64. The molecule has 2 atom stereocenters. The SMILES string of the molecule is COc1ccc([C@H]2Sc3c(Cl)cccc3N(CCN(C)C)C(=O)[C@H]2O[Cl+3]([O-])([O-])[O-])cc1. The molecule has 1 aliphatic rings. The first kappa shape index (κ1) is 24.1. The van der Waals surface area contributed by atoms with Crippen LogP contribution in [0.15, 0.2) is 47.4 Å². The Kier molecular flexibility index (Phi) is 7.72. The fraction of sp³-hybridized carbons (Fsp3) is 0.350. The quantitative estimate of drug-likeness (QED) is 0.549. The van der Waals surface area contributed by atoms with E-state index in [-0.39, 0.29) is 6.54 Å². The molecule has 0 saturated heterocycles. The van der Waals surface area contributed by atoms with Gasteiger partial charge in [0.25, 0.3) is 5.91 Å². The Bertz CT molecular complexity index is 923. The van der Waals surface area contributed by atoms with Gasteiger partial charge in [-0.05, 0) is 43.9 Å². The highest BCUT2D eigenvalue weighted by Crippen LogP contribution is 2.49. The van der Waals surface area contributed by atoms with E-state index < -0.39 is 27.5 Å². The first-order chi connectivity index (χ1) is 14.6. The Morgan fingerprint density at radius 3 is 2.42 bits per heavy atom. The van der Waals surface area contributed by atoms with Crippen LogP contribution in [-0.2, 0) is 9.08 Å². The molecule has 168 valence electrons. The fourth-order valence-corrected chi connectivity index (χ4v) is 5.29. The van der Waals surface area contributed by atoms with Crippen LogP contribution in [0.1, 0.15) is 10.8 Å². The minimum atomic E-state index is -4.85. The van der Waals surface area contributed by atoms with Crippen molar-refractivity contribution in [1.29, 1.82) is 0 Å². The number of fused-ring (bicyclic) bond motifs is 1. The Labute approximate surface area is 192 Å². The number of amides is 1. The molecule has 1 heterocycles. The Balaban J connectivity index is 2.12. The van der Waals surface area contributed by atoms with Crippen molar-refractivity contribution in [2.24, 2.45) is 0 Å². The molecular formula is C20H22Cl2N2O6S. The molecule has 1 aliphatic heterocycles. The third-order valence-electron chi connectivity index (χ3n) is 4.69. The molecule has 0 spiro atoms. The second-order valence-corrected chi connectivity index (χ2v) is 9.57. The van der Waals surface area contributed by atoms with Crippen molar-refractivity contribution in [2.45, 2.75) is 16.2 Å². The van der Waals surface area contributed by atoms with Crippen molar-refractivity contribution < 1.29 is 38.0 Å². The number of rotatable bonds is 7. The molecule has 0 aromatic heterocycles. The van der Waals surface area contributed by atoms with Crippen molar-refractivity contribution in [3.63, 3.8) is 0 Å². The summed E-state index contributed by atoms with van der Waals surface area (Å²) in [6.07, 6.45) is -1.58. The minimum Gasteiger partial charge on any atom is -0.497 e. The number of halogens is 2. The van der Waals surface area contributed by atoms with Crippen LogP contribution in [0.4, 0.5) is 5.69 Å². The summed E-state index contributed by atoms with van der Waals surface area (Å²) in [5, 5.41) is -0.426. The standard InChI is InChI=1S/C20H22Cl2N2O6S/c1-23(2)11-12-24-16-6-4-5-15(21)19(16)31-18(13-7-9-14(29-3)10-8-13)17(20(24)25)30-22(26,27)28/h4-10,17-18H,11-12H2,1-3H3/t17-,18+/m0/s1. The topological polar surface area (TPSA) is 111 Å². The maximum absolute atomic E-state index is 13.5. The summed E-state index contributed by atoms with van der Waals surface area (Å²) in [7, 11) is 0.373. The van der Waals surface area contributed by atoms with Gasteiger partial charge >= 0.3 is 6.10 Å². The van der Waals surface area contributed by atoms with E-state index in [0.29, 0.717) is 33.5 Å². The number of hydrogen-bond acceptors (Lipinski definition) is 8. The van der Waals surface area contributed by atoms with Gasteiger partial charge in [-0.25, -0.2) is 0 Å². The summed E-state index contributed by atoms with van der Waals surface area (Å²) in [4.78, 5) is 17.4. The first-order valence-electron chi connectivity index (χ1n) is 9.25. The molecule has 0 bridgehead atoms. The van der Waals surface area contributed by atoms with Crippen molar-refractivity contribution >= 4 is 35.0 Å². The van der Waals surface area contributed by atoms with E-state index in [9.17, 15) is 18.8 Å². The number of carbonyl (C=O) groups excluding carboxylic acids is 1. The lowest BCUT2D eigenvalue weighted by atomic mass is 10.1. The Morgan fingerprint density at radius 1 is 1.16 bits per heavy atom. The number of nitrogens with zero attached hydrogens (tertiary/aromatic N) is 2. The van der Waals surface area contributed by atoms with Crippen molar-refractivity contribution in [3.05, 3.63) is 53.1 Å². The number of thioether (sulfide) groups is 1. The van der Waals surface area contributed by atoms with E-state index >= 15 is 0 Å². The highest BCUT2D eigenvalue weighted by Gasteiger charge is 2.48. The van der Waals surface area contributed by atoms with Crippen LogP contribution >= 0.6 is 23.4 Å². The molecule has 2 aromatic carbocycles. The van der Waals surface area contributed by atoms with Gasteiger partial charge in [-0.1, -0.05) is 29.8 Å². The zero-order valence-electron chi connectivity index (χ0n) is 17.1. The van der Waals surface area contributed by atoms with Gasteiger partial charge in [-0.15, -0.1) is 11.8 Å². The van der Waals surface area contributed by atoms with Crippen molar-refractivity contribution in [2.75, 3.05) is 39.2 Å². The predicted molar refractivity (Wildman–Crippen MR) is 109 cm³/mol. The molecule has 11 heteroatoms. The van der Waals surface area contributed by atoms with E-state index in [1.807, 2.05) is 19.0 Å². The fourth-order valence-electron chi connectivity index (χ4n) is 3.19. The summed E-state index contributed by atoms with van der Waals surface area (Å²) < 4.78 is 44.5. The normalized spacial score (nSPS) is 19.4. The molecular weight excluding hydrogens is 467 g/mol. The molecule has 0 unspecified atom stereocenters. The van der Waals surface area contributed by atoms with Gasteiger partial charge in [0.15, 0.2) is 0 Å². The Morgan fingerprint density at radius 2 is 1.84 bits per heavy atom. The lowest BCUT2D eigenvalue weighted by Gasteiger charge is -2.27. The Hall–Kier alpha value is -1.56. The molecule has 0 N–H and O–H groups in total. The van der Waals surface area contributed by atoms with E-state index in [1.165, 1.54) is 23.8 Å². The monoisotopic (exact) mass is 488 g/mol. The van der Waals surface area contributed by atoms with Gasteiger partial charge in [0.1, 0.15) is 5.75 Å². The zero-order chi connectivity index (χ0) is 22.8. The summed E-state index contributed by atoms with van der Waals surface area (Å²) in [6, 6.07) is 11.9. The maximum Gasteiger partial charge on any atom is 0.307 e. The second-order valence-electron chi connectivity index (χ2n) is 7.08. The number of carbonyl (C=O) groups is 1. The largest absolute Gasteiger partial charge is 0.497 e. The average Bonchev–Trinajstić information content (AvgIpc) is 2.81. The lowest BCUT2D eigenvalue weighted by molar-refractivity contribution is -1.92. The van der Waals surface area contributed by atoms with Crippen LogP contribution in [0.2, 0.25) is 5.02 Å². The van der Waals surface area contributed by atoms with Crippen molar-refractivity contribution in [1.82, 2.24) is 4.90 Å². The third-order valence-corrected chi connectivity index (χ3v) is 6.96. The number of methoxy groups -OCH3 is 1. The van der Waals surface area contributed by atoms with E-state index in [2.05, 4.69) is 0 Å². The lowest BCUT2D eigenvalue weighted by Crippen LogP contribution is -2.64. The van der Waals surface area contributed by atoms with Crippen molar-refractivity contribution in [3.8, 4) is 5.75 Å². The van der Waals surface area contributed by atoms with Crippen LogP contribution in [-0.4, -0.2) is 51.2 Å². The number of likely N-dealkylation sites (N-methyl/N-ethyl adjacent to an activating group) is 1. The third kappa shape index (κ3) is 5.82. The molecule has 3 rings (SSSR count). The summed E-state index contributed by atoms with van der Waals surface area (Å²) in [6.45, 7) is 0.759. The van der Waals surface area contributed by atoms with E-state index in [1.54, 1.807) is 42.5 Å². The molecule has 8 nitrogen and oxygen atoms in total. The number of hydrogen-bond donors (Lipinski definition) is 0. The molecule has 2 aromatic rings. The highest BCUT2D eigenvalue weighted by molar-refractivity contribution is 8.00. The van der Waals surface area contributed by atoms with E-state index in [0.717, 1.165) is 0 Å². The molecule has 0 aliphatic carbocycles. The zero-order valence-corrected chi connectivity index (χ0v) is 19.4. The van der Waals surface area contributed by atoms with Crippen LogP contribution in [0.25, 0.3) is 0 Å². The minimum absolute atomic E-state index is 0.255. The van der Waals surface area contributed by atoms with Gasteiger partial charge in [-0.2, -0.15) is 14.0 Å². The van der Waals surface area contributed by atoms with Crippen LogP contribution in [0.5, 0.6) is 5.75 Å². The molecule has 0 radical (unpaired) electrons. The van der Waals surface area contributed by atoms with Crippen LogP contribution < -0.4 is 23.6 Å². The van der Waals surface area contributed by atoms with Gasteiger partial charge in [0, 0.05) is 13.1 Å². The second kappa shape index (κ2) is 9.93. The van der Waals surface area contributed by atoms with E-state index in [4.69, 9.17) is 20.6 Å². The van der Waals surface area contributed by atoms with Gasteiger partial charge in [-0.3, -0.25) is 4.79 Å². The summed E-state index contributed by atoms with van der Waals surface area (Å²) in [5.74, 6) is -0.0464. The first-order valence-corrected chi connectivity index (χ1v) is 11.7. The van der Waals surface area contributed by atoms with Crippen LogP contribution in [0.3, 0.4) is 0 Å². The molecule has 1 amide bonds. The molecule has 31 heavy (non-hydrogen) atoms. The molecule has 0 fully saturated rings. The number of benzene rings is 2.